The number of isocyanates is 1. The highest BCUT2D eigenvalue weighted by atomic mass is 16.1. The molecule has 0 atom stereocenters. The zero-order valence-electron chi connectivity index (χ0n) is 7.78. The fourth-order valence-corrected chi connectivity index (χ4v) is 0.955. The third kappa shape index (κ3) is 2.84. The number of hydrogen-bond acceptors (Lipinski definition) is 3. The molecule has 0 saturated carbocycles. The van der Waals surface area contributed by atoms with E-state index in [1.165, 1.54) is 6.08 Å². The van der Waals surface area contributed by atoms with E-state index in [-0.39, 0.29) is 5.91 Å². The van der Waals surface area contributed by atoms with Crippen molar-refractivity contribution in [3.63, 3.8) is 0 Å². The summed E-state index contributed by atoms with van der Waals surface area (Å²) in [4.78, 5) is 24.5. The van der Waals surface area contributed by atoms with E-state index in [0.717, 1.165) is 0 Å². The normalized spacial score (nSPS) is 8.93. The van der Waals surface area contributed by atoms with Gasteiger partial charge >= 0.3 is 0 Å². The first kappa shape index (κ1) is 10.2. The molecule has 4 heteroatoms. The molecule has 1 amide bonds. The number of nitrogens with zero attached hydrogens (tertiary/aromatic N) is 1. The summed E-state index contributed by atoms with van der Waals surface area (Å²) in [6.07, 6.45) is 1.86. The van der Waals surface area contributed by atoms with E-state index in [1.807, 2.05) is 0 Å². The van der Waals surface area contributed by atoms with Crippen molar-refractivity contribution in [1.82, 2.24) is 0 Å². The molecular formula is C10H10N2O2. The average Bonchev–Trinajstić information content (AvgIpc) is 2.19. The van der Waals surface area contributed by atoms with Gasteiger partial charge in [-0.05, 0) is 18.2 Å². The van der Waals surface area contributed by atoms with Crippen LogP contribution in [0.15, 0.2) is 29.3 Å². The molecule has 0 radical (unpaired) electrons. The first-order valence-corrected chi connectivity index (χ1v) is 4.24. The molecule has 0 aromatic heterocycles. The van der Waals surface area contributed by atoms with E-state index in [4.69, 9.17) is 0 Å². The summed E-state index contributed by atoms with van der Waals surface area (Å²) >= 11 is 0. The van der Waals surface area contributed by atoms with Crippen LogP contribution in [-0.4, -0.2) is 12.0 Å². The van der Waals surface area contributed by atoms with Crippen molar-refractivity contribution >= 4 is 23.4 Å². The van der Waals surface area contributed by atoms with Gasteiger partial charge in [-0.3, -0.25) is 4.79 Å². The van der Waals surface area contributed by atoms with Gasteiger partial charge in [0.2, 0.25) is 12.0 Å². The largest absolute Gasteiger partial charge is 0.326 e. The monoisotopic (exact) mass is 190 g/mol. The zero-order chi connectivity index (χ0) is 10.4. The zero-order valence-corrected chi connectivity index (χ0v) is 7.78. The molecule has 0 saturated heterocycles. The van der Waals surface area contributed by atoms with Gasteiger partial charge in [-0.1, -0.05) is 13.0 Å². The number of anilines is 1. The van der Waals surface area contributed by atoms with Crippen LogP contribution in [0.1, 0.15) is 13.3 Å². The van der Waals surface area contributed by atoms with Crippen LogP contribution in [0.5, 0.6) is 0 Å². The standard InChI is InChI=1S/C10H10N2O2/c1-2-10(14)12-9-5-3-4-8(6-9)11-7-13/h3-6H,2H2,1H3,(H,12,14). The Kier molecular flexibility index (Phi) is 3.58. The van der Waals surface area contributed by atoms with Crippen molar-refractivity contribution in [2.45, 2.75) is 13.3 Å². The predicted octanol–water partition coefficient (Wildman–Crippen LogP) is 2.00. The van der Waals surface area contributed by atoms with Crippen LogP contribution < -0.4 is 5.32 Å². The molecule has 0 spiro atoms. The average molecular weight is 190 g/mol. The second-order valence-corrected chi connectivity index (χ2v) is 2.66. The van der Waals surface area contributed by atoms with Gasteiger partial charge in [0, 0.05) is 12.1 Å². The van der Waals surface area contributed by atoms with Crippen molar-refractivity contribution in [1.29, 1.82) is 0 Å². The summed E-state index contributed by atoms with van der Waals surface area (Å²) in [6, 6.07) is 6.71. The maximum atomic E-state index is 11.0. The molecule has 72 valence electrons. The van der Waals surface area contributed by atoms with Crippen LogP contribution in [0.3, 0.4) is 0 Å². The number of hydrogen-bond donors (Lipinski definition) is 1. The number of amides is 1. The summed E-state index contributed by atoms with van der Waals surface area (Å²) in [5.74, 6) is -0.0720. The van der Waals surface area contributed by atoms with Crippen molar-refractivity contribution in [2.24, 2.45) is 4.99 Å². The Bertz CT molecular complexity index is 381. The maximum Gasteiger partial charge on any atom is 0.240 e. The van der Waals surface area contributed by atoms with E-state index in [1.54, 1.807) is 31.2 Å². The fraction of sp³-hybridized carbons (Fsp3) is 0.200. The summed E-state index contributed by atoms with van der Waals surface area (Å²) in [6.45, 7) is 1.77. The molecule has 1 aromatic carbocycles. The molecule has 0 aliphatic rings. The molecular weight excluding hydrogens is 180 g/mol. The van der Waals surface area contributed by atoms with Gasteiger partial charge < -0.3 is 5.32 Å². The Labute approximate surface area is 81.7 Å². The third-order valence-corrected chi connectivity index (χ3v) is 1.63. The lowest BCUT2D eigenvalue weighted by Gasteiger charge is -2.02. The van der Waals surface area contributed by atoms with Crippen LogP contribution in [0, 0.1) is 0 Å². The van der Waals surface area contributed by atoms with Gasteiger partial charge in [-0.15, -0.1) is 0 Å². The molecule has 0 heterocycles. The van der Waals surface area contributed by atoms with E-state index in [0.29, 0.717) is 17.8 Å². The van der Waals surface area contributed by atoms with Crippen LogP contribution in [-0.2, 0) is 9.59 Å². The van der Waals surface area contributed by atoms with Crippen LogP contribution in [0.2, 0.25) is 0 Å². The third-order valence-electron chi connectivity index (χ3n) is 1.63. The van der Waals surface area contributed by atoms with Gasteiger partial charge in [-0.25, -0.2) is 4.79 Å². The topological polar surface area (TPSA) is 58.5 Å². The second kappa shape index (κ2) is 4.94. The summed E-state index contributed by atoms with van der Waals surface area (Å²) in [5, 5.41) is 2.66. The Hall–Kier alpha value is -1.93. The fourth-order valence-electron chi connectivity index (χ4n) is 0.955. The lowest BCUT2D eigenvalue weighted by molar-refractivity contribution is -0.115. The summed E-state index contributed by atoms with van der Waals surface area (Å²) in [7, 11) is 0. The minimum Gasteiger partial charge on any atom is -0.326 e. The number of aliphatic imine (C=N–C) groups is 1. The minimum atomic E-state index is -0.0720. The first-order chi connectivity index (χ1) is 6.76. The van der Waals surface area contributed by atoms with Gasteiger partial charge in [0.1, 0.15) is 0 Å². The number of rotatable bonds is 3. The molecule has 1 N–H and O–H groups in total. The molecule has 0 aliphatic heterocycles. The smallest absolute Gasteiger partial charge is 0.240 e. The second-order valence-electron chi connectivity index (χ2n) is 2.66. The van der Waals surface area contributed by atoms with Crippen LogP contribution >= 0.6 is 0 Å². The van der Waals surface area contributed by atoms with Gasteiger partial charge in [0.05, 0.1) is 5.69 Å². The first-order valence-electron chi connectivity index (χ1n) is 4.24. The molecule has 14 heavy (non-hydrogen) atoms. The van der Waals surface area contributed by atoms with E-state index in [2.05, 4.69) is 10.3 Å². The molecule has 0 aliphatic carbocycles. The van der Waals surface area contributed by atoms with Crippen molar-refractivity contribution in [3.05, 3.63) is 24.3 Å². The highest BCUT2D eigenvalue weighted by molar-refractivity contribution is 5.90. The number of benzene rings is 1. The Morgan fingerprint density at radius 2 is 2.36 bits per heavy atom. The van der Waals surface area contributed by atoms with Gasteiger partial charge in [-0.2, -0.15) is 4.99 Å². The Morgan fingerprint density at radius 3 is 3.00 bits per heavy atom. The van der Waals surface area contributed by atoms with Crippen molar-refractivity contribution in [2.75, 3.05) is 5.32 Å². The van der Waals surface area contributed by atoms with Crippen LogP contribution in [0.4, 0.5) is 11.4 Å². The summed E-state index contributed by atoms with van der Waals surface area (Å²) in [5.41, 5.74) is 1.11. The molecule has 0 fully saturated rings. The number of carbonyl (C=O) groups excluding carboxylic acids is 2. The van der Waals surface area contributed by atoms with E-state index in [9.17, 15) is 9.59 Å². The Balaban J connectivity index is 2.83. The van der Waals surface area contributed by atoms with E-state index < -0.39 is 0 Å². The highest BCUT2D eigenvalue weighted by Gasteiger charge is 1.98. The lowest BCUT2D eigenvalue weighted by Crippen LogP contribution is -2.08. The molecule has 1 rings (SSSR count). The number of carbonyl (C=O) groups is 1. The maximum absolute atomic E-state index is 11.0. The number of nitrogens with one attached hydrogen (secondary N) is 1. The van der Waals surface area contributed by atoms with Gasteiger partial charge in [0.25, 0.3) is 0 Å². The quantitative estimate of drug-likeness (QED) is 0.585. The molecule has 1 aromatic rings. The van der Waals surface area contributed by atoms with Gasteiger partial charge in [0.15, 0.2) is 0 Å². The van der Waals surface area contributed by atoms with Crippen molar-refractivity contribution < 1.29 is 9.59 Å². The SMILES string of the molecule is CCC(=O)Nc1cccc(N=C=O)c1. The summed E-state index contributed by atoms with van der Waals surface area (Å²) < 4.78 is 0. The minimum absolute atomic E-state index is 0.0720. The predicted molar refractivity (Wildman–Crippen MR) is 53.1 cm³/mol. The highest BCUT2D eigenvalue weighted by Crippen LogP contribution is 2.17. The molecule has 0 unspecified atom stereocenters. The van der Waals surface area contributed by atoms with Crippen molar-refractivity contribution in [3.8, 4) is 0 Å². The molecule has 0 bridgehead atoms. The lowest BCUT2D eigenvalue weighted by atomic mass is 10.3. The van der Waals surface area contributed by atoms with Crippen LogP contribution in [0.25, 0.3) is 0 Å². The van der Waals surface area contributed by atoms with E-state index >= 15 is 0 Å². The molecule has 4 nitrogen and oxygen atoms in total. The Morgan fingerprint density at radius 1 is 1.57 bits per heavy atom.